The lowest BCUT2D eigenvalue weighted by atomic mass is 10.00. The van der Waals surface area contributed by atoms with Crippen LogP contribution in [0.5, 0.6) is 0 Å². The molecule has 2 unspecified atom stereocenters. The zero-order valence-corrected chi connectivity index (χ0v) is 11.4. The standard InChI is InChI=1S/C12H26N2O2/c1-9(2)7-10(3)14(5)8-12(4,13)11(15)16-6/h9-10H,7-8,13H2,1-6H3. The molecule has 0 saturated heterocycles. The van der Waals surface area contributed by atoms with Crippen LogP contribution in [0.4, 0.5) is 0 Å². The minimum absolute atomic E-state index is 0.365. The Bertz CT molecular complexity index is 227. The molecule has 0 aromatic carbocycles. The summed E-state index contributed by atoms with van der Waals surface area (Å²) < 4.78 is 4.69. The van der Waals surface area contributed by atoms with E-state index >= 15 is 0 Å². The number of carbonyl (C=O) groups excluding carboxylic acids is 1. The van der Waals surface area contributed by atoms with Gasteiger partial charge in [0.05, 0.1) is 7.11 Å². The third-order valence-corrected chi connectivity index (χ3v) is 2.79. The van der Waals surface area contributed by atoms with Crippen molar-refractivity contribution in [1.29, 1.82) is 0 Å². The van der Waals surface area contributed by atoms with E-state index in [1.165, 1.54) is 7.11 Å². The van der Waals surface area contributed by atoms with Crippen LogP contribution in [-0.2, 0) is 9.53 Å². The highest BCUT2D eigenvalue weighted by Crippen LogP contribution is 2.12. The fourth-order valence-electron chi connectivity index (χ4n) is 1.83. The SMILES string of the molecule is COC(=O)C(C)(N)CN(C)C(C)CC(C)C. The number of nitrogens with zero attached hydrogens (tertiary/aromatic N) is 1. The van der Waals surface area contributed by atoms with Crippen LogP contribution in [0.25, 0.3) is 0 Å². The molecule has 2 N–H and O–H groups in total. The van der Waals surface area contributed by atoms with Gasteiger partial charge in [-0.3, -0.25) is 4.79 Å². The summed E-state index contributed by atoms with van der Waals surface area (Å²) in [5.74, 6) is 0.274. The average molecular weight is 230 g/mol. The minimum atomic E-state index is -0.936. The molecule has 0 aromatic heterocycles. The van der Waals surface area contributed by atoms with Crippen molar-refractivity contribution in [3.63, 3.8) is 0 Å². The third-order valence-electron chi connectivity index (χ3n) is 2.79. The van der Waals surface area contributed by atoms with Crippen LogP contribution in [0.15, 0.2) is 0 Å². The first-order valence-corrected chi connectivity index (χ1v) is 5.78. The Morgan fingerprint density at radius 3 is 2.31 bits per heavy atom. The van der Waals surface area contributed by atoms with E-state index in [0.29, 0.717) is 18.5 Å². The molecular weight excluding hydrogens is 204 g/mol. The summed E-state index contributed by atoms with van der Waals surface area (Å²) in [5, 5.41) is 0. The highest BCUT2D eigenvalue weighted by Gasteiger charge is 2.32. The van der Waals surface area contributed by atoms with Gasteiger partial charge in [-0.05, 0) is 33.2 Å². The molecule has 0 bridgehead atoms. The maximum atomic E-state index is 11.4. The Kier molecular flexibility index (Phi) is 5.97. The minimum Gasteiger partial charge on any atom is -0.468 e. The lowest BCUT2D eigenvalue weighted by molar-refractivity contribution is -0.147. The predicted octanol–water partition coefficient (Wildman–Crippen LogP) is 1.24. The monoisotopic (exact) mass is 230 g/mol. The first-order valence-electron chi connectivity index (χ1n) is 5.78. The van der Waals surface area contributed by atoms with Crippen molar-refractivity contribution < 1.29 is 9.53 Å². The molecule has 0 aliphatic heterocycles. The van der Waals surface area contributed by atoms with Gasteiger partial charge in [0.1, 0.15) is 5.54 Å². The molecule has 0 spiro atoms. The van der Waals surface area contributed by atoms with Crippen molar-refractivity contribution >= 4 is 5.97 Å². The molecule has 4 heteroatoms. The molecule has 0 heterocycles. The van der Waals surface area contributed by atoms with Crippen molar-refractivity contribution in [2.45, 2.75) is 45.7 Å². The van der Waals surface area contributed by atoms with Crippen molar-refractivity contribution in [3.05, 3.63) is 0 Å². The number of likely N-dealkylation sites (N-methyl/N-ethyl adjacent to an activating group) is 1. The Morgan fingerprint density at radius 1 is 1.44 bits per heavy atom. The predicted molar refractivity (Wildman–Crippen MR) is 66.2 cm³/mol. The molecule has 2 atom stereocenters. The van der Waals surface area contributed by atoms with E-state index in [4.69, 9.17) is 5.73 Å². The molecule has 96 valence electrons. The quantitative estimate of drug-likeness (QED) is 0.698. The van der Waals surface area contributed by atoms with Gasteiger partial charge < -0.3 is 15.4 Å². The van der Waals surface area contributed by atoms with Crippen molar-refractivity contribution in [2.75, 3.05) is 20.7 Å². The maximum Gasteiger partial charge on any atom is 0.326 e. The van der Waals surface area contributed by atoms with Gasteiger partial charge in [0.2, 0.25) is 0 Å². The second-order valence-corrected chi connectivity index (χ2v) is 5.30. The van der Waals surface area contributed by atoms with Crippen LogP contribution in [0.2, 0.25) is 0 Å². The molecule has 0 rings (SSSR count). The van der Waals surface area contributed by atoms with Crippen molar-refractivity contribution in [3.8, 4) is 0 Å². The van der Waals surface area contributed by atoms with Gasteiger partial charge in [-0.25, -0.2) is 0 Å². The summed E-state index contributed by atoms with van der Waals surface area (Å²) in [6.45, 7) is 8.73. The lowest BCUT2D eigenvalue weighted by Crippen LogP contribution is -2.55. The largest absolute Gasteiger partial charge is 0.468 e. The number of nitrogens with two attached hydrogens (primary N) is 1. The molecular formula is C12H26N2O2. The van der Waals surface area contributed by atoms with E-state index < -0.39 is 5.54 Å². The Morgan fingerprint density at radius 2 is 1.94 bits per heavy atom. The van der Waals surface area contributed by atoms with E-state index in [1.54, 1.807) is 6.92 Å². The van der Waals surface area contributed by atoms with Gasteiger partial charge >= 0.3 is 5.97 Å². The normalized spacial score (nSPS) is 17.3. The highest BCUT2D eigenvalue weighted by atomic mass is 16.5. The van der Waals surface area contributed by atoms with Gasteiger partial charge in [0.15, 0.2) is 0 Å². The molecule has 0 aliphatic carbocycles. The molecule has 0 amide bonds. The first kappa shape index (κ1) is 15.4. The summed E-state index contributed by atoms with van der Waals surface area (Å²) in [4.78, 5) is 13.5. The third kappa shape index (κ3) is 4.94. The summed E-state index contributed by atoms with van der Waals surface area (Å²) in [5.41, 5.74) is 4.99. The smallest absolute Gasteiger partial charge is 0.326 e. The molecule has 0 aliphatic rings. The molecule has 0 aromatic rings. The number of hydrogen-bond acceptors (Lipinski definition) is 4. The fourth-order valence-corrected chi connectivity index (χ4v) is 1.83. The molecule has 16 heavy (non-hydrogen) atoms. The second kappa shape index (κ2) is 6.21. The fraction of sp³-hybridized carbons (Fsp3) is 0.917. The van der Waals surface area contributed by atoms with Gasteiger partial charge in [-0.1, -0.05) is 13.8 Å². The first-order chi connectivity index (χ1) is 7.20. The van der Waals surface area contributed by atoms with Crippen LogP contribution in [0.3, 0.4) is 0 Å². The van der Waals surface area contributed by atoms with Crippen LogP contribution in [0, 0.1) is 5.92 Å². The van der Waals surface area contributed by atoms with Crippen molar-refractivity contribution in [2.24, 2.45) is 11.7 Å². The van der Waals surface area contributed by atoms with E-state index in [9.17, 15) is 4.79 Å². The summed E-state index contributed by atoms with van der Waals surface area (Å²) in [7, 11) is 3.35. The molecule has 0 fully saturated rings. The number of esters is 1. The average Bonchev–Trinajstić information content (AvgIpc) is 2.14. The highest BCUT2D eigenvalue weighted by molar-refractivity contribution is 5.80. The second-order valence-electron chi connectivity index (χ2n) is 5.30. The topological polar surface area (TPSA) is 55.6 Å². The van der Waals surface area contributed by atoms with Gasteiger partial charge in [0.25, 0.3) is 0 Å². The molecule has 0 saturated carbocycles. The zero-order valence-electron chi connectivity index (χ0n) is 11.4. The zero-order chi connectivity index (χ0) is 12.9. The van der Waals surface area contributed by atoms with Gasteiger partial charge in [-0.15, -0.1) is 0 Å². The van der Waals surface area contributed by atoms with E-state index in [0.717, 1.165) is 6.42 Å². The Hall–Kier alpha value is -0.610. The number of hydrogen-bond donors (Lipinski definition) is 1. The molecule has 4 nitrogen and oxygen atoms in total. The summed E-state index contributed by atoms with van der Waals surface area (Å²) in [6.07, 6.45) is 1.09. The van der Waals surface area contributed by atoms with Crippen LogP contribution < -0.4 is 5.73 Å². The van der Waals surface area contributed by atoms with E-state index in [2.05, 4.69) is 30.4 Å². The number of ether oxygens (including phenoxy) is 1. The number of carbonyl (C=O) groups is 1. The van der Waals surface area contributed by atoms with E-state index in [1.807, 2.05) is 7.05 Å². The summed E-state index contributed by atoms with van der Waals surface area (Å²) in [6, 6.07) is 0.410. The Balaban J connectivity index is 4.32. The number of methoxy groups -OCH3 is 1. The van der Waals surface area contributed by atoms with Crippen molar-refractivity contribution in [1.82, 2.24) is 4.90 Å². The number of rotatable bonds is 6. The van der Waals surface area contributed by atoms with Gasteiger partial charge in [0, 0.05) is 12.6 Å². The van der Waals surface area contributed by atoms with Crippen LogP contribution in [0.1, 0.15) is 34.1 Å². The van der Waals surface area contributed by atoms with Gasteiger partial charge in [-0.2, -0.15) is 0 Å². The summed E-state index contributed by atoms with van der Waals surface area (Å²) >= 11 is 0. The Labute approximate surface area is 99.1 Å². The molecule has 0 radical (unpaired) electrons. The maximum absolute atomic E-state index is 11.4. The van der Waals surface area contributed by atoms with Crippen LogP contribution in [-0.4, -0.2) is 43.2 Å². The van der Waals surface area contributed by atoms with Crippen LogP contribution >= 0.6 is 0 Å². The lowest BCUT2D eigenvalue weighted by Gasteiger charge is -2.32. The van der Waals surface area contributed by atoms with E-state index in [-0.39, 0.29) is 5.97 Å².